The van der Waals surface area contributed by atoms with Crippen LogP contribution in [0.15, 0.2) is 0 Å². The summed E-state index contributed by atoms with van der Waals surface area (Å²) in [5, 5.41) is 18.6. The lowest BCUT2D eigenvalue weighted by Crippen LogP contribution is -2.26. The topological polar surface area (TPSA) is 57.5 Å². The average molecular weight is 184 g/mol. The van der Waals surface area contributed by atoms with E-state index in [1.54, 1.807) is 0 Å². The van der Waals surface area contributed by atoms with Gasteiger partial charge in [-0.25, -0.2) is 0 Å². The molecular formula is C10H16O3. The minimum atomic E-state index is -0.714. The van der Waals surface area contributed by atoms with Gasteiger partial charge in [-0.1, -0.05) is 12.8 Å². The molecule has 0 radical (unpaired) electrons. The van der Waals surface area contributed by atoms with Gasteiger partial charge in [0, 0.05) is 0 Å². The Labute approximate surface area is 77.8 Å². The maximum absolute atomic E-state index is 10.9. The molecule has 0 aromatic heterocycles. The standard InChI is InChI=1S/C10H16O3/c11-9-5-8(10(12)13)6-3-1-2-4-7(6)9/h6-9,11H,1-5H2,(H,12,13). The summed E-state index contributed by atoms with van der Waals surface area (Å²) in [6.07, 6.45) is 4.44. The second-order valence-corrected chi connectivity index (χ2v) is 4.36. The summed E-state index contributed by atoms with van der Waals surface area (Å²) >= 11 is 0. The van der Waals surface area contributed by atoms with E-state index in [1.807, 2.05) is 0 Å². The van der Waals surface area contributed by atoms with Crippen molar-refractivity contribution >= 4 is 5.97 Å². The number of carboxylic acids is 1. The number of aliphatic hydroxyl groups excluding tert-OH is 1. The predicted molar refractivity (Wildman–Crippen MR) is 47.2 cm³/mol. The highest BCUT2D eigenvalue weighted by molar-refractivity contribution is 5.71. The van der Waals surface area contributed by atoms with E-state index in [0.29, 0.717) is 6.42 Å². The zero-order valence-corrected chi connectivity index (χ0v) is 7.65. The lowest BCUT2D eigenvalue weighted by atomic mass is 9.78. The van der Waals surface area contributed by atoms with Crippen molar-refractivity contribution in [2.75, 3.05) is 0 Å². The lowest BCUT2D eigenvalue weighted by molar-refractivity contribution is -0.143. The van der Waals surface area contributed by atoms with Crippen LogP contribution in [-0.4, -0.2) is 22.3 Å². The van der Waals surface area contributed by atoms with Gasteiger partial charge in [0.05, 0.1) is 12.0 Å². The molecule has 13 heavy (non-hydrogen) atoms. The van der Waals surface area contributed by atoms with E-state index in [1.165, 1.54) is 0 Å². The summed E-state index contributed by atoms with van der Waals surface area (Å²) in [5.41, 5.74) is 0. The van der Waals surface area contributed by atoms with E-state index < -0.39 is 5.97 Å². The summed E-state index contributed by atoms with van der Waals surface area (Å²) in [4.78, 5) is 10.9. The zero-order chi connectivity index (χ0) is 9.42. The number of carboxylic acid groups (broad SMARTS) is 1. The summed E-state index contributed by atoms with van der Waals surface area (Å²) in [6.45, 7) is 0. The zero-order valence-electron chi connectivity index (χ0n) is 7.65. The minimum Gasteiger partial charge on any atom is -0.481 e. The molecular weight excluding hydrogens is 168 g/mol. The normalized spacial score (nSPS) is 44.4. The number of carbonyl (C=O) groups is 1. The number of hydrogen-bond acceptors (Lipinski definition) is 2. The fourth-order valence-corrected chi connectivity index (χ4v) is 3.06. The highest BCUT2D eigenvalue weighted by Gasteiger charge is 2.46. The maximum atomic E-state index is 10.9. The van der Waals surface area contributed by atoms with Crippen LogP contribution in [0, 0.1) is 17.8 Å². The van der Waals surface area contributed by atoms with Crippen LogP contribution in [0.1, 0.15) is 32.1 Å². The molecule has 0 aliphatic heterocycles. The van der Waals surface area contributed by atoms with Gasteiger partial charge >= 0.3 is 5.97 Å². The van der Waals surface area contributed by atoms with Crippen molar-refractivity contribution in [1.29, 1.82) is 0 Å². The fourth-order valence-electron chi connectivity index (χ4n) is 3.06. The Hall–Kier alpha value is -0.570. The van der Waals surface area contributed by atoms with Gasteiger partial charge in [-0.3, -0.25) is 4.79 Å². The fraction of sp³-hybridized carbons (Fsp3) is 0.900. The third-order valence-electron chi connectivity index (χ3n) is 3.70. The highest BCUT2D eigenvalue weighted by atomic mass is 16.4. The van der Waals surface area contributed by atoms with E-state index >= 15 is 0 Å². The molecule has 0 amide bonds. The molecule has 0 heterocycles. The van der Waals surface area contributed by atoms with E-state index in [0.717, 1.165) is 25.7 Å². The first-order chi connectivity index (χ1) is 6.20. The summed E-state index contributed by atoms with van der Waals surface area (Å²) in [5.74, 6) is -0.468. The van der Waals surface area contributed by atoms with Crippen molar-refractivity contribution in [2.45, 2.75) is 38.2 Å². The summed E-state index contributed by atoms with van der Waals surface area (Å²) in [7, 11) is 0. The van der Waals surface area contributed by atoms with E-state index in [4.69, 9.17) is 5.11 Å². The number of aliphatic carboxylic acids is 1. The Balaban J connectivity index is 2.12. The van der Waals surface area contributed by atoms with Crippen LogP contribution in [-0.2, 0) is 4.79 Å². The van der Waals surface area contributed by atoms with Gasteiger partial charge < -0.3 is 10.2 Å². The quantitative estimate of drug-likeness (QED) is 0.645. The van der Waals surface area contributed by atoms with Crippen molar-refractivity contribution in [3.05, 3.63) is 0 Å². The van der Waals surface area contributed by atoms with Crippen LogP contribution in [0.4, 0.5) is 0 Å². The van der Waals surface area contributed by atoms with Gasteiger partial charge in [-0.15, -0.1) is 0 Å². The van der Waals surface area contributed by atoms with Gasteiger partial charge in [-0.2, -0.15) is 0 Å². The SMILES string of the molecule is O=C(O)C1CC(O)C2CCCCC12. The highest BCUT2D eigenvalue weighted by Crippen LogP contribution is 2.45. The summed E-state index contributed by atoms with van der Waals surface area (Å²) < 4.78 is 0. The molecule has 3 nitrogen and oxygen atoms in total. The second kappa shape index (κ2) is 3.29. The monoisotopic (exact) mass is 184 g/mol. The van der Waals surface area contributed by atoms with Crippen molar-refractivity contribution in [3.8, 4) is 0 Å². The van der Waals surface area contributed by atoms with Crippen LogP contribution in [0.5, 0.6) is 0 Å². The Morgan fingerprint density at radius 2 is 1.77 bits per heavy atom. The number of fused-ring (bicyclic) bond motifs is 1. The van der Waals surface area contributed by atoms with Crippen LogP contribution in [0.2, 0.25) is 0 Å². The summed E-state index contributed by atoms with van der Waals surface area (Å²) in [6, 6.07) is 0. The Kier molecular flexibility index (Phi) is 2.28. The van der Waals surface area contributed by atoms with Gasteiger partial charge in [0.15, 0.2) is 0 Å². The molecule has 0 spiro atoms. The van der Waals surface area contributed by atoms with Crippen LogP contribution >= 0.6 is 0 Å². The molecule has 0 saturated heterocycles. The first-order valence-corrected chi connectivity index (χ1v) is 5.11. The van der Waals surface area contributed by atoms with Gasteiger partial charge in [-0.05, 0) is 31.1 Å². The third kappa shape index (κ3) is 1.46. The molecule has 4 unspecified atom stereocenters. The van der Waals surface area contributed by atoms with Crippen molar-refractivity contribution in [2.24, 2.45) is 17.8 Å². The van der Waals surface area contributed by atoms with Crippen molar-refractivity contribution in [1.82, 2.24) is 0 Å². The van der Waals surface area contributed by atoms with Gasteiger partial charge in [0.25, 0.3) is 0 Å². The molecule has 0 aromatic rings. The molecule has 2 N–H and O–H groups in total. The van der Waals surface area contributed by atoms with E-state index in [-0.39, 0.29) is 23.9 Å². The maximum Gasteiger partial charge on any atom is 0.306 e. The molecule has 74 valence electrons. The van der Waals surface area contributed by atoms with Crippen molar-refractivity contribution < 1.29 is 15.0 Å². The molecule has 2 aliphatic carbocycles. The Bertz CT molecular complexity index is 214. The Morgan fingerprint density at radius 1 is 1.15 bits per heavy atom. The molecule has 2 saturated carbocycles. The smallest absolute Gasteiger partial charge is 0.306 e. The molecule has 2 fully saturated rings. The Morgan fingerprint density at radius 3 is 2.38 bits per heavy atom. The molecule has 2 rings (SSSR count). The first-order valence-electron chi connectivity index (χ1n) is 5.11. The second-order valence-electron chi connectivity index (χ2n) is 4.36. The lowest BCUT2D eigenvalue weighted by Gasteiger charge is -2.28. The third-order valence-corrected chi connectivity index (χ3v) is 3.70. The minimum absolute atomic E-state index is 0.251. The molecule has 0 aromatic carbocycles. The van der Waals surface area contributed by atoms with Crippen LogP contribution in [0.3, 0.4) is 0 Å². The first kappa shape index (κ1) is 9.00. The van der Waals surface area contributed by atoms with E-state index in [9.17, 15) is 9.90 Å². The van der Waals surface area contributed by atoms with Crippen molar-refractivity contribution in [3.63, 3.8) is 0 Å². The molecule has 2 aliphatic rings. The van der Waals surface area contributed by atoms with E-state index in [2.05, 4.69) is 0 Å². The molecule has 0 bridgehead atoms. The average Bonchev–Trinajstić information content (AvgIpc) is 2.45. The predicted octanol–water partition coefficient (Wildman–Crippen LogP) is 1.26. The number of hydrogen-bond donors (Lipinski definition) is 2. The largest absolute Gasteiger partial charge is 0.481 e. The van der Waals surface area contributed by atoms with Gasteiger partial charge in [0.2, 0.25) is 0 Å². The molecule has 3 heteroatoms. The van der Waals surface area contributed by atoms with Crippen LogP contribution in [0.25, 0.3) is 0 Å². The number of aliphatic hydroxyl groups is 1. The van der Waals surface area contributed by atoms with Gasteiger partial charge in [0.1, 0.15) is 0 Å². The van der Waals surface area contributed by atoms with Crippen LogP contribution < -0.4 is 0 Å². The molecule has 4 atom stereocenters. The number of rotatable bonds is 1.